The standard InChI is InChI=1S/C18H23N3O3/c1-24-16-15(8-4-9-19-16)18(23)21-11-5-10-20(12-13-21)17(22)14-6-2-3-7-14/h2-4,8-9,14H,5-7,10-13H2,1H3. The van der Waals surface area contributed by atoms with Crippen LogP contribution in [0.3, 0.4) is 0 Å². The van der Waals surface area contributed by atoms with Crippen molar-refractivity contribution in [3.63, 3.8) is 0 Å². The molecule has 0 spiro atoms. The summed E-state index contributed by atoms with van der Waals surface area (Å²) in [6, 6.07) is 3.46. The fourth-order valence-corrected chi connectivity index (χ4v) is 3.30. The Kier molecular flexibility index (Phi) is 5.13. The molecule has 0 radical (unpaired) electrons. The zero-order valence-electron chi connectivity index (χ0n) is 14.0. The first-order chi connectivity index (χ1) is 11.7. The third kappa shape index (κ3) is 3.42. The number of methoxy groups -OCH3 is 1. The molecule has 0 N–H and O–H groups in total. The van der Waals surface area contributed by atoms with Gasteiger partial charge in [0, 0.05) is 38.3 Å². The van der Waals surface area contributed by atoms with Gasteiger partial charge in [0.2, 0.25) is 11.8 Å². The Hall–Kier alpha value is -2.37. The number of allylic oxidation sites excluding steroid dienone is 2. The molecule has 0 aromatic carbocycles. The number of carbonyl (C=O) groups is 2. The minimum Gasteiger partial charge on any atom is -0.480 e. The average molecular weight is 329 g/mol. The monoisotopic (exact) mass is 329 g/mol. The normalized spacial score (nSPS) is 18.5. The number of nitrogens with zero attached hydrogens (tertiary/aromatic N) is 3. The summed E-state index contributed by atoms with van der Waals surface area (Å²) in [6.45, 7) is 2.49. The van der Waals surface area contributed by atoms with Crippen LogP contribution in [0.25, 0.3) is 0 Å². The summed E-state index contributed by atoms with van der Waals surface area (Å²) in [4.78, 5) is 33.1. The maximum atomic E-state index is 12.8. The second-order valence-electron chi connectivity index (χ2n) is 6.17. The molecule has 1 aliphatic heterocycles. The third-order valence-corrected chi connectivity index (χ3v) is 4.65. The Morgan fingerprint density at radius 2 is 1.83 bits per heavy atom. The van der Waals surface area contributed by atoms with E-state index in [0.29, 0.717) is 37.6 Å². The van der Waals surface area contributed by atoms with Crippen LogP contribution in [0, 0.1) is 5.92 Å². The smallest absolute Gasteiger partial charge is 0.259 e. The van der Waals surface area contributed by atoms with E-state index in [2.05, 4.69) is 17.1 Å². The van der Waals surface area contributed by atoms with Crippen LogP contribution >= 0.6 is 0 Å². The van der Waals surface area contributed by atoms with Gasteiger partial charge in [-0.1, -0.05) is 12.2 Å². The second kappa shape index (κ2) is 7.47. The van der Waals surface area contributed by atoms with E-state index in [9.17, 15) is 9.59 Å². The van der Waals surface area contributed by atoms with Gasteiger partial charge in [0.05, 0.1) is 7.11 Å². The van der Waals surface area contributed by atoms with Crippen molar-refractivity contribution < 1.29 is 14.3 Å². The highest BCUT2D eigenvalue weighted by Gasteiger charge is 2.28. The molecule has 2 heterocycles. The van der Waals surface area contributed by atoms with Gasteiger partial charge in [0.1, 0.15) is 5.56 Å². The summed E-state index contributed by atoms with van der Waals surface area (Å²) in [5, 5.41) is 0. The fraction of sp³-hybridized carbons (Fsp3) is 0.500. The lowest BCUT2D eigenvalue weighted by Crippen LogP contribution is -2.39. The van der Waals surface area contributed by atoms with Gasteiger partial charge in [0.25, 0.3) is 5.91 Å². The van der Waals surface area contributed by atoms with Crippen molar-refractivity contribution in [1.29, 1.82) is 0 Å². The van der Waals surface area contributed by atoms with E-state index in [1.54, 1.807) is 23.2 Å². The van der Waals surface area contributed by atoms with Crippen LogP contribution in [0.5, 0.6) is 5.88 Å². The summed E-state index contributed by atoms with van der Waals surface area (Å²) >= 11 is 0. The maximum absolute atomic E-state index is 12.8. The Balaban J connectivity index is 1.64. The van der Waals surface area contributed by atoms with E-state index in [-0.39, 0.29) is 17.7 Å². The molecule has 128 valence electrons. The molecule has 1 aromatic heterocycles. The molecule has 2 aliphatic rings. The van der Waals surface area contributed by atoms with E-state index in [1.165, 1.54) is 7.11 Å². The Morgan fingerprint density at radius 1 is 1.12 bits per heavy atom. The van der Waals surface area contributed by atoms with E-state index in [0.717, 1.165) is 19.3 Å². The molecule has 6 nitrogen and oxygen atoms in total. The molecule has 0 saturated carbocycles. The molecule has 24 heavy (non-hydrogen) atoms. The summed E-state index contributed by atoms with van der Waals surface area (Å²) in [5.41, 5.74) is 0.472. The number of hydrogen-bond donors (Lipinski definition) is 0. The van der Waals surface area contributed by atoms with Gasteiger partial charge < -0.3 is 14.5 Å². The molecule has 1 saturated heterocycles. The van der Waals surface area contributed by atoms with Crippen LogP contribution < -0.4 is 4.74 Å². The molecule has 6 heteroatoms. The number of pyridine rings is 1. The average Bonchev–Trinajstić information content (AvgIpc) is 3.05. The molecule has 1 fully saturated rings. The Labute approximate surface area is 142 Å². The van der Waals surface area contributed by atoms with E-state index < -0.39 is 0 Å². The van der Waals surface area contributed by atoms with E-state index >= 15 is 0 Å². The highest BCUT2D eigenvalue weighted by atomic mass is 16.5. The molecule has 3 rings (SSSR count). The minimum atomic E-state index is -0.0863. The highest BCUT2D eigenvalue weighted by Crippen LogP contribution is 2.22. The first kappa shape index (κ1) is 16.5. The quantitative estimate of drug-likeness (QED) is 0.792. The van der Waals surface area contributed by atoms with Crippen molar-refractivity contribution in [3.05, 3.63) is 36.0 Å². The second-order valence-corrected chi connectivity index (χ2v) is 6.17. The van der Waals surface area contributed by atoms with Gasteiger partial charge in [-0.2, -0.15) is 0 Å². The largest absolute Gasteiger partial charge is 0.480 e. The molecule has 0 bridgehead atoms. The van der Waals surface area contributed by atoms with Gasteiger partial charge >= 0.3 is 0 Å². The van der Waals surface area contributed by atoms with E-state index in [4.69, 9.17) is 4.74 Å². The zero-order valence-corrected chi connectivity index (χ0v) is 14.0. The molecule has 1 aliphatic carbocycles. The first-order valence-corrected chi connectivity index (χ1v) is 8.42. The van der Waals surface area contributed by atoms with Gasteiger partial charge in [-0.25, -0.2) is 4.98 Å². The Morgan fingerprint density at radius 3 is 2.58 bits per heavy atom. The van der Waals surface area contributed by atoms with Crippen LogP contribution in [0.4, 0.5) is 0 Å². The number of rotatable bonds is 3. The van der Waals surface area contributed by atoms with Gasteiger partial charge in [-0.3, -0.25) is 9.59 Å². The molecule has 0 atom stereocenters. The summed E-state index contributed by atoms with van der Waals surface area (Å²) in [6.07, 6.45) is 8.22. The van der Waals surface area contributed by atoms with Crippen LogP contribution in [0.15, 0.2) is 30.5 Å². The van der Waals surface area contributed by atoms with Crippen LogP contribution in [-0.2, 0) is 4.79 Å². The van der Waals surface area contributed by atoms with Crippen LogP contribution in [-0.4, -0.2) is 59.9 Å². The van der Waals surface area contributed by atoms with Crippen molar-refractivity contribution in [2.75, 3.05) is 33.3 Å². The molecule has 2 amide bonds. The predicted molar refractivity (Wildman–Crippen MR) is 89.8 cm³/mol. The van der Waals surface area contributed by atoms with Crippen LogP contribution in [0.1, 0.15) is 29.6 Å². The topological polar surface area (TPSA) is 62.7 Å². The fourth-order valence-electron chi connectivity index (χ4n) is 3.30. The number of ether oxygens (including phenoxy) is 1. The third-order valence-electron chi connectivity index (χ3n) is 4.65. The van der Waals surface area contributed by atoms with Crippen molar-refractivity contribution in [2.45, 2.75) is 19.3 Å². The SMILES string of the molecule is COc1ncccc1C(=O)N1CCCN(C(=O)C2CC=CC2)CC1. The molecular formula is C18H23N3O3. The Bertz CT molecular complexity index is 636. The number of hydrogen-bond acceptors (Lipinski definition) is 4. The van der Waals surface area contributed by atoms with Crippen molar-refractivity contribution in [2.24, 2.45) is 5.92 Å². The maximum Gasteiger partial charge on any atom is 0.259 e. The lowest BCUT2D eigenvalue weighted by atomic mass is 10.1. The number of aromatic nitrogens is 1. The summed E-state index contributed by atoms with van der Waals surface area (Å²) < 4.78 is 5.19. The van der Waals surface area contributed by atoms with Crippen molar-refractivity contribution in [3.8, 4) is 5.88 Å². The molecular weight excluding hydrogens is 306 g/mol. The van der Waals surface area contributed by atoms with Gasteiger partial charge in [-0.05, 0) is 31.4 Å². The highest BCUT2D eigenvalue weighted by molar-refractivity contribution is 5.96. The molecule has 0 unspecified atom stereocenters. The molecule has 1 aromatic rings. The van der Waals surface area contributed by atoms with E-state index in [1.807, 2.05) is 4.90 Å². The predicted octanol–water partition coefficient (Wildman–Crippen LogP) is 1.73. The zero-order chi connectivity index (χ0) is 16.9. The first-order valence-electron chi connectivity index (χ1n) is 8.42. The number of amides is 2. The lowest BCUT2D eigenvalue weighted by molar-refractivity contribution is -0.135. The summed E-state index contributed by atoms with van der Waals surface area (Å²) in [7, 11) is 1.51. The van der Waals surface area contributed by atoms with Crippen molar-refractivity contribution in [1.82, 2.24) is 14.8 Å². The van der Waals surface area contributed by atoms with Gasteiger partial charge in [0.15, 0.2) is 0 Å². The minimum absolute atomic E-state index is 0.0863. The van der Waals surface area contributed by atoms with Crippen molar-refractivity contribution >= 4 is 11.8 Å². The van der Waals surface area contributed by atoms with Crippen LogP contribution in [0.2, 0.25) is 0 Å². The van der Waals surface area contributed by atoms with Gasteiger partial charge in [-0.15, -0.1) is 0 Å². The summed E-state index contributed by atoms with van der Waals surface area (Å²) in [5.74, 6) is 0.562. The lowest BCUT2D eigenvalue weighted by Gasteiger charge is -2.24. The number of carbonyl (C=O) groups excluding carboxylic acids is 2.